The van der Waals surface area contributed by atoms with Gasteiger partial charge < -0.3 is 24.2 Å². The molecule has 0 amide bonds. The van der Waals surface area contributed by atoms with E-state index >= 15 is 0 Å². The highest BCUT2D eigenvalue weighted by Gasteiger charge is 2.70. The van der Waals surface area contributed by atoms with Crippen LogP contribution in [0.3, 0.4) is 0 Å². The van der Waals surface area contributed by atoms with E-state index in [2.05, 4.69) is 4.84 Å². The van der Waals surface area contributed by atoms with E-state index in [1.54, 1.807) is 43.3 Å². The van der Waals surface area contributed by atoms with Gasteiger partial charge in [-0.1, -0.05) is 49.8 Å². The molecule has 3 fully saturated rings. The first-order valence-corrected chi connectivity index (χ1v) is 15.4. The number of ether oxygens (including phenoxy) is 3. The molecule has 12 heteroatoms. The molecule has 0 aromatic heterocycles. The first-order valence-electron chi connectivity index (χ1n) is 15.4. The lowest BCUT2D eigenvalue weighted by molar-refractivity contribution is -0.763. The zero-order valence-electron chi connectivity index (χ0n) is 25.7. The van der Waals surface area contributed by atoms with Crippen LogP contribution in [0.5, 0.6) is 0 Å². The number of carbonyl (C=O) groups excluding carboxylic acids is 4. The van der Waals surface area contributed by atoms with Crippen molar-refractivity contribution in [1.82, 2.24) is 0 Å². The van der Waals surface area contributed by atoms with Crippen molar-refractivity contribution in [3.8, 4) is 0 Å². The molecule has 1 aromatic rings. The molecule has 45 heavy (non-hydrogen) atoms. The Morgan fingerprint density at radius 2 is 1.84 bits per heavy atom. The fraction of sp³-hybridized carbons (Fsp3) is 0.576. The number of aliphatic hydroxyl groups excluding tert-OH is 1. The van der Waals surface area contributed by atoms with E-state index in [-0.39, 0.29) is 56.0 Å². The lowest BCUT2D eigenvalue weighted by atomic mass is 9.46. The third-order valence-corrected chi connectivity index (χ3v) is 10.7. The molecule has 7 atom stereocenters. The van der Waals surface area contributed by atoms with Crippen LogP contribution in [0.4, 0.5) is 4.79 Å². The molecule has 0 heterocycles. The third-order valence-electron chi connectivity index (χ3n) is 10.7. The average Bonchev–Trinajstić information content (AvgIpc) is 3.27. The van der Waals surface area contributed by atoms with Crippen LogP contribution in [0.25, 0.3) is 0 Å². The number of aliphatic hydroxyl groups is 1. The van der Waals surface area contributed by atoms with Crippen molar-refractivity contribution in [3.63, 3.8) is 0 Å². The van der Waals surface area contributed by atoms with Gasteiger partial charge in [0.15, 0.2) is 18.0 Å². The zero-order valence-corrected chi connectivity index (χ0v) is 25.7. The molecule has 12 nitrogen and oxygen atoms in total. The largest absolute Gasteiger partial charge is 0.509 e. The first kappa shape index (κ1) is 32.3. The van der Waals surface area contributed by atoms with Crippen LogP contribution in [0.1, 0.15) is 64.0 Å². The second-order valence-electron chi connectivity index (χ2n) is 12.9. The Morgan fingerprint density at radius 3 is 2.56 bits per heavy atom. The number of ketones is 2. The third kappa shape index (κ3) is 5.76. The minimum Gasteiger partial charge on any atom is -0.457 e. The van der Waals surface area contributed by atoms with E-state index < -0.39 is 52.1 Å². The van der Waals surface area contributed by atoms with Crippen molar-refractivity contribution < 1.29 is 48.4 Å². The first-order chi connectivity index (χ1) is 21.3. The van der Waals surface area contributed by atoms with E-state index in [4.69, 9.17) is 14.2 Å². The van der Waals surface area contributed by atoms with Crippen LogP contribution in [-0.2, 0) is 46.5 Å². The fourth-order valence-electron chi connectivity index (χ4n) is 8.75. The number of rotatable bonds is 10. The maximum Gasteiger partial charge on any atom is 0.509 e. The molecule has 0 aliphatic heterocycles. The highest BCUT2D eigenvalue weighted by molar-refractivity contribution is 6.01. The Bertz CT molecular complexity index is 1450. The molecule has 5 rings (SSSR count). The fourth-order valence-corrected chi connectivity index (χ4v) is 8.75. The summed E-state index contributed by atoms with van der Waals surface area (Å²) in [5, 5.41) is 21.5. The van der Waals surface area contributed by atoms with Gasteiger partial charge in [-0.2, -0.15) is 0 Å². The number of allylic oxidation sites excluding steroid dienone is 4. The predicted octanol–water partition coefficient (Wildman–Crippen LogP) is 4.24. The molecule has 4 aliphatic carbocycles. The van der Waals surface area contributed by atoms with Crippen molar-refractivity contribution in [2.45, 2.75) is 77.6 Å². The Balaban J connectivity index is 1.38. The molecule has 1 N–H and O–H groups in total. The topological polar surface area (TPSA) is 169 Å². The van der Waals surface area contributed by atoms with Crippen molar-refractivity contribution in [2.24, 2.45) is 28.6 Å². The Labute approximate surface area is 260 Å². The normalized spacial score (nSPS) is 33.2. The number of hydrogen-bond donors (Lipinski definition) is 1. The van der Waals surface area contributed by atoms with E-state index in [1.165, 1.54) is 0 Å². The van der Waals surface area contributed by atoms with Gasteiger partial charge in [-0.3, -0.25) is 14.4 Å². The summed E-state index contributed by atoms with van der Waals surface area (Å²) in [6, 6.07) is 6.52. The monoisotopic (exact) mass is 625 g/mol. The quantitative estimate of drug-likeness (QED) is 0.224. The standard InChI is InChI=1S/C33H39NO11/c1-4-42-30(39)45-33(27(37)19-43-28(38)15-20-7-5-6-8-21(20)18-44-34(40)41)14-12-25-24-10-9-22-16-23(35)11-13-31(22,2)29(24)26(36)17-32(25,33)3/h5-8,11,13,16,24-26,29,36H,4,9-10,12,14-15,17-19H2,1-3H3/t24?,25?,26-,29?,31-,32-,33-/m0/s1. The summed E-state index contributed by atoms with van der Waals surface area (Å²) < 4.78 is 16.4. The zero-order chi connectivity index (χ0) is 32.6. The van der Waals surface area contributed by atoms with E-state index in [0.717, 1.165) is 5.57 Å². The summed E-state index contributed by atoms with van der Waals surface area (Å²) in [7, 11) is 0. The van der Waals surface area contributed by atoms with Crippen LogP contribution < -0.4 is 0 Å². The van der Waals surface area contributed by atoms with Crippen molar-refractivity contribution in [3.05, 3.63) is 69.3 Å². The van der Waals surface area contributed by atoms with Gasteiger partial charge in [-0.05, 0) is 74.1 Å². The van der Waals surface area contributed by atoms with E-state index in [1.807, 2.05) is 19.9 Å². The maximum atomic E-state index is 14.1. The van der Waals surface area contributed by atoms with Gasteiger partial charge in [-0.25, -0.2) is 4.79 Å². The number of carbonyl (C=O) groups is 4. The summed E-state index contributed by atoms with van der Waals surface area (Å²) in [6.07, 6.45) is 5.27. The van der Waals surface area contributed by atoms with Gasteiger partial charge in [-0.15, -0.1) is 10.1 Å². The summed E-state index contributed by atoms with van der Waals surface area (Å²) in [6.45, 7) is 4.54. The van der Waals surface area contributed by atoms with Crippen LogP contribution in [0, 0.1) is 38.7 Å². The molecule has 1 aromatic carbocycles. The minimum atomic E-state index is -1.71. The second kappa shape index (κ2) is 12.4. The van der Waals surface area contributed by atoms with Gasteiger partial charge in [0.2, 0.25) is 5.78 Å². The van der Waals surface area contributed by atoms with Gasteiger partial charge in [0.1, 0.15) is 6.61 Å². The average molecular weight is 626 g/mol. The van der Waals surface area contributed by atoms with Gasteiger partial charge in [0.05, 0.1) is 19.1 Å². The molecular formula is C33H39NO11. The Kier molecular flexibility index (Phi) is 8.90. The molecule has 4 aliphatic rings. The molecule has 0 saturated heterocycles. The van der Waals surface area contributed by atoms with Gasteiger partial charge >= 0.3 is 12.1 Å². The summed E-state index contributed by atoms with van der Waals surface area (Å²) >= 11 is 0. The number of nitrogens with zero attached hydrogens (tertiary/aromatic N) is 1. The lowest BCUT2D eigenvalue weighted by Crippen LogP contribution is -2.63. The number of fused-ring (bicyclic) bond motifs is 5. The van der Waals surface area contributed by atoms with Crippen LogP contribution in [0.2, 0.25) is 0 Å². The Hall–Kier alpha value is -4.06. The SMILES string of the molecule is CCOC(=O)O[C@]1(C(=O)COC(=O)Cc2ccccc2CO[N+](=O)[O-])CCC2C3CCC4=CC(=O)C=C[C@]4(C)C3[C@@H](O)C[C@@]21C. The minimum absolute atomic E-state index is 0.0142. The summed E-state index contributed by atoms with van der Waals surface area (Å²) in [5.41, 5.74) is -1.33. The number of benzene rings is 1. The molecule has 3 unspecified atom stereocenters. The molecule has 0 bridgehead atoms. The number of hydrogen-bond acceptors (Lipinski definition) is 11. The second-order valence-corrected chi connectivity index (χ2v) is 12.9. The van der Waals surface area contributed by atoms with Gasteiger partial charge in [0, 0.05) is 16.7 Å². The van der Waals surface area contributed by atoms with Crippen molar-refractivity contribution in [2.75, 3.05) is 13.2 Å². The summed E-state index contributed by atoms with van der Waals surface area (Å²) in [5.74, 6) is -1.71. The number of esters is 1. The lowest BCUT2D eigenvalue weighted by Gasteiger charge is -2.59. The molecule has 3 saturated carbocycles. The van der Waals surface area contributed by atoms with Crippen LogP contribution >= 0.6 is 0 Å². The van der Waals surface area contributed by atoms with Crippen LogP contribution in [0.15, 0.2) is 48.1 Å². The molecule has 242 valence electrons. The Morgan fingerprint density at radius 1 is 1.11 bits per heavy atom. The molecule has 0 radical (unpaired) electrons. The van der Waals surface area contributed by atoms with E-state index in [9.17, 15) is 34.4 Å². The van der Waals surface area contributed by atoms with E-state index in [0.29, 0.717) is 30.4 Å². The van der Waals surface area contributed by atoms with Crippen LogP contribution in [-0.4, -0.2) is 58.8 Å². The molecular weight excluding hydrogens is 586 g/mol. The predicted molar refractivity (Wildman–Crippen MR) is 157 cm³/mol. The van der Waals surface area contributed by atoms with Gasteiger partial charge in [0.25, 0.3) is 5.09 Å². The summed E-state index contributed by atoms with van der Waals surface area (Å²) in [4.78, 5) is 67.1. The smallest absolute Gasteiger partial charge is 0.457 e. The van der Waals surface area contributed by atoms with Crippen molar-refractivity contribution >= 4 is 23.7 Å². The van der Waals surface area contributed by atoms with Crippen molar-refractivity contribution in [1.29, 1.82) is 0 Å². The highest BCUT2D eigenvalue weighted by atomic mass is 16.9. The number of Topliss-reactive ketones (excluding diaryl/α,β-unsaturated/α-hetero) is 1. The maximum absolute atomic E-state index is 14.1. The molecule has 0 spiro atoms. The highest BCUT2D eigenvalue weighted by Crippen LogP contribution is 2.68.